The first-order chi connectivity index (χ1) is 29.1. The van der Waals surface area contributed by atoms with Crippen LogP contribution in [0.1, 0.15) is 12.7 Å². The van der Waals surface area contributed by atoms with Gasteiger partial charge in [0.2, 0.25) is 0 Å². The minimum absolute atomic E-state index is 0.546. The fourth-order valence-corrected chi connectivity index (χ4v) is 8.49. The van der Waals surface area contributed by atoms with Gasteiger partial charge in [-0.25, -0.2) is 15.0 Å². The van der Waals surface area contributed by atoms with Crippen molar-refractivity contribution in [3.63, 3.8) is 0 Å². The summed E-state index contributed by atoms with van der Waals surface area (Å²) in [4.78, 5) is 15.2. The minimum atomic E-state index is 0.546. The van der Waals surface area contributed by atoms with Crippen LogP contribution in [-0.2, 0) is 0 Å². The van der Waals surface area contributed by atoms with Crippen molar-refractivity contribution >= 4 is 70.9 Å². The van der Waals surface area contributed by atoms with Crippen molar-refractivity contribution in [2.45, 2.75) is 6.92 Å². The number of aromatic nitrogens is 4. The van der Waals surface area contributed by atoms with E-state index in [4.69, 9.17) is 19.4 Å². The molecule has 8 aromatic carbocycles. The Morgan fingerprint density at radius 2 is 1.27 bits per heavy atom. The molecule has 5 heteroatoms. The van der Waals surface area contributed by atoms with Crippen molar-refractivity contribution in [1.29, 1.82) is 0 Å². The first kappa shape index (κ1) is 34.4. The van der Waals surface area contributed by atoms with Gasteiger partial charge in [-0.05, 0) is 82.1 Å². The molecule has 0 saturated heterocycles. The van der Waals surface area contributed by atoms with E-state index >= 15 is 0 Å². The van der Waals surface area contributed by atoms with E-state index in [0.29, 0.717) is 17.5 Å². The van der Waals surface area contributed by atoms with Crippen LogP contribution in [0, 0.1) is 0 Å². The zero-order chi connectivity index (χ0) is 39.5. The maximum atomic E-state index is 7.04. The lowest BCUT2D eigenvalue weighted by Gasteiger charge is -2.12. The van der Waals surface area contributed by atoms with E-state index in [1.807, 2.05) is 43.4 Å². The lowest BCUT2D eigenvalue weighted by molar-refractivity contribution is 0.666. The monoisotopic (exact) mass is 756 g/mol. The number of hydrogen-bond donors (Lipinski definition) is 0. The van der Waals surface area contributed by atoms with E-state index in [2.05, 4.69) is 157 Å². The summed E-state index contributed by atoms with van der Waals surface area (Å²) in [5.41, 5.74) is 9.58. The standard InChI is InChI=1S/C54H36N4O/c1-3-5-16-34(4-2)52-55-53(57-54(56-52)44-25-15-22-36-19-11-12-23-41(36)44)39-27-28-43-46-30-40(35-17-7-6-8-18-35)32-49(51(46)59-50(43)33-39)58-47-26-14-13-24-42(47)45-29-37-20-9-10-21-38(37)31-48(45)58/h3-33H,2H2,1H3/b5-3-,34-16+. The first-order valence-corrected chi connectivity index (χ1v) is 19.8. The Bertz CT molecular complexity index is 3530. The van der Waals surface area contributed by atoms with Gasteiger partial charge in [-0.1, -0.05) is 152 Å². The molecular formula is C54H36N4O. The highest BCUT2D eigenvalue weighted by Gasteiger charge is 2.21. The third-order valence-corrected chi connectivity index (χ3v) is 11.3. The van der Waals surface area contributed by atoms with Gasteiger partial charge in [-0.2, -0.15) is 0 Å². The largest absolute Gasteiger partial charge is 0.454 e. The summed E-state index contributed by atoms with van der Waals surface area (Å²) in [7, 11) is 0. The molecular weight excluding hydrogens is 721 g/mol. The molecule has 0 amide bonds. The number of furan rings is 1. The maximum absolute atomic E-state index is 7.04. The molecule has 0 bridgehead atoms. The number of rotatable bonds is 7. The van der Waals surface area contributed by atoms with Crippen LogP contribution in [0.15, 0.2) is 199 Å². The number of fused-ring (bicyclic) bond motifs is 8. The van der Waals surface area contributed by atoms with Crippen LogP contribution in [-0.4, -0.2) is 19.5 Å². The highest BCUT2D eigenvalue weighted by Crippen LogP contribution is 2.42. The van der Waals surface area contributed by atoms with Gasteiger partial charge in [0.1, 0.15) is 5.58 Å². The van der Waals surface area contributed by atoms with Crippen LogP contribution < -0.4 is 0 Å². The van der Waals surface area contributed by atoms with Gasteiger partial charge < -0.3 is 8.98 Å². The summed E-state index contributed by atoms with van der Waals surface area (Å²) in [5, 5.41) is 9.03. The molecule has 0 aliphatic rings. The summed E-state index contributed by atoms with van der Waals surface area (Å²) in [6.45, 7) is 6.09. The topological polar surface area (TPSA) is 56.7 Å². The molecule has 0 aliphatic heterocycles. The van der Waals surface area contributed by atoms with Crippen LogP contribution in [0.4, 0.5) is 0 Å². The molecule has 3 aromatic heterocycles. The maximum Gasteiger partial charge on any atom is 0.164 e. The molecule has 3 heterocycles. The molecule has 0 fully saturated rings. The summed E-state index contributed by atoms with van der Waals surface area (Å²) < 4.78 is 9.41. The average Bonchev–Trinajstić information content (AvgIpc) is 3.83. The van der Waals surface area contributed by atoms with E-state index in [1.165, 1.54) is 21.5 Å². The molecule has 0 aliphatic carbocycles. The van der Waals surface area contributed by atoms with Crippen LogP contribution in [0.2, 0.25) is 0 Å². The number of allylic oxidation sites excluding steroid dienone is 5. The van der Waals surface area contributed by atoms with Gasteiger partial charge in [0.15, 0.2) is 23.1 Å². The van der Waals surface area contributed by atoms with E-state index < -0.39 is 0 Å². The smallest absolute Gasteiger partial charge is 0.164 e. The normalized spacial score (nSPS) is 12.3. The summed E-state index contributed by atoms with van der Waals surface area (Å²) in [6, 6.07) is 57.8. The third kappa shape index (κ3) is 5.74. The molecule has 0 radical (unpaired) electrons. The van der Waals surface area contributed by atoms with Crippen molar-refractivity contribution in [3.8, 4) is 39.6 Å². The highest BCUT2D eigenvalue weighted by molar-refractivity contribution is 6.16. The highest BCUT2D eigenvalue weighted by atomic mass is 16.3. The fraction of sp³-hybridized carbons (Fsp3) is 0.0185. The van der Waals surface area contributed by atoms with Gasteiger partial charge in [0, 0.05) is 38.2 Å². The van der Waals surface area contributed by atoms with Crippen molar-refractivity contribution in [3.05, 3.63) is 200 Å². The molecule has 0 spiro atoms. The minimum Gasteiger partial charge on any atom is -0.454 e. The lowest BCUT2D eigenvalue weighted by atomic mass is 10.0. The molecule has 11 aromatic rings. The van der Waals surface area contributed by atoms with Crippen LogP contribution in [0.3, 0.4) is 0 Å². The predicted octanol–water partition coefficient (Wildman–Crippen LogP) is 14.3. The van der Waals surface area contributed by atoms with Gasteiger partial charge in [-0.15, -0.1) is 0 Å². The Morgan fingerprint density at radius 1 is 0.542 bits per heavy atom. The van der Waals surface area contributed by atoms with Gasteiger partial charge >= 0.3 is 0 Å². The number of para-hydroxylation sites is 1. The Morgan fingerprint density at radius 3 is 2.10 bits per heavy atom. The number of benzene rings is 8. The van der Waals surface area contributed by atoms with Gasteiger partial charge in [0.05, 0.1) is 16.7 Å². The number of hydrogen-bond acceptors (Lipinski definition) is 4. The van der Waals surface area contributed by atoms with E-state index in [-0.39, 0.29) is 0 Å². The SMILES string of the molecule is C=C/C(=C\C=C/C)c1nc(-c2ccc3c(c2)oc2c(-n4c5ccccc5c5cc6ccccc6cc54)cc(-c4ccccc4)cc23)nc(-c2cccc3ccccc23)n1. The fourth-order valence-electron chi connectivity index (χ4n) is 8.49. The van der Waals surface area contributed by atoms with E-state index in [0.717, 1.165) is 77.3 Å². The third-order valence-electron chi connectivity index (χ3n) is 11.3. The van der Waals surface area contributed by atoms with Gasteiger partial charge in [-0.3, -0.25) is 0 Å². The second-order valence-corrected chi connectivity index (χ2v) is 14.8. The summed E-state index contributed by atoms with van der Waals surface area (Å²) in [5.74, 6) is 1.69. The second kappa shape index (κ2) is 13.9. The van der Waals surface area contributed by atoms with Crippen molar-refractivity contribution in [2.75, 3.05) is 0 Å². The molecule has 11 rings (SSSR count). The van der Waals surface area contributed by atoms with E-state index in [9.17, 15) is 0 Å². The Hall–Kier alpha value is -7.89. The first-order valence-electron chi connectivity index (χ1n) is 19.8. The molecule has 0 saturated carbocycles. The predicted molar refractivity (Wildman–Crippen MR) is 246 cm³/mol. The molecule has 59 heavy (non-hydrogen) atoms. The zero-order valence-electron chi connectivity index (χ0n) is 32.3. The molecule has 278 valence electrons. The zero-order valence-corrected chi connectivity index (χ0v) is 32.3. The van der Waals surface area contributed by atoms with Crippen LogP contribution in [0.25, 0.3) is 110 Å². The molecule has 0 unspecified atom stereocenters. The molecule has 0 atom stereocenters. The average molecular weight is 757 g/mol. The lowest BCUT2D eigenvalue weighted by Crippen LogP contribution is -2.02. The van der Waals surface area contributed by atoms with E-state index in [1.54, 1.807) is 6.08 Å². The Labute approximate surface area is 340 Å². The van der Waals surface area contributed by atoms with Crippen LogP contribution in [0.5, 0.6) is 0 Å². The number of nitrogens with zero attached hydrogens (tertiary/aromatic N) is 4. The van der Waals surface area contributed by atoms with Crippen molar-refractivity contribution < 1.29 is 4.42 Å². The van der Waals surface area contributed by atoms with Crippen LogP contribution >= 0.6 is 0 Å². The summed E-state index contributed by atoms with van der Waals surface area (Å²) >= 11 is 0. The van der Waals surface area contributed by atoms with Crippen molar-refractivity contribution in [2.24, 2.45) is 0 Å². The Balaban J connectivity index is 1.17. The summed E-state index contributed by atoms with van der Waals surface area (Å²) in [6.07, 6.45) is 7.72. The molecule has 0 N–H and O–H groups in total. The Kier molecular flexibility index (Phi) is 8.12. The van der Waals surface area contributed by atoms with Crippen molar-refractivity contribution in [1.82, 2.24) is 19.5 Å². The quantitative estimate of drug-likeness (QED) is 0.152. The van der Waals surface area contributed by atoms with Gasteiger partial charge in [0.25, 0.3) is 0 Å². The second-order valence-electron chi connectivity index (χ2n) is 14.8. The molecule has 5 nitrogen and oxygen atoms in total.